The molecule has 9 nitrogen and oxygen atoms in total. The Hall–Kier alpha value is -2.76. The van der Waals surface area contributed by atoms with E-state index >= 15 is 0 Å². The number of benzene rings is 1. The quantitative estimate of drug-likeness (QED) is 0.497. The molecular weight excluding hydrogens is 488 g/mol. The summed E-state index contributed by atoms with van der Waals surface area (Å²) in [5, 5.41) is 3.37. The molecule has 1 fully saturated rings. The molecule has 3 aromatic rings. The highest BCUT2D eigenvalue weighted by atomic mass is 32.2. The summed E-state index contributed by atoms with van der Waals surface area (Å²) in [5.41, 5.74) is 2.97. The molecule has 0 radical (unpaired) electrons. The standard InChI is InChI=1S/C24H30N4O5S2/c1-6-33-23(30)20-15(3)27(5)16(4)21(20)35(31,32)28-11-7-8-17(13-28)22(29)26-24-25-18-10-9-14(2)12-19(18)34-24/h9-10,12,17H,6-8,11,13H2,1-5H3,(H,25,26,29)/t17-/m0/s1. The van der Waals surface area contributed by atoms with Crippen LogP contribution in [0.2, 0.25) is 0 Å². The van der Waals surface area contributed by atoms with Crippen LogP contribution in [0.25, 0.3) is 10.2 Å². The van der Waals surface area contributed by atoms with Gasteiger partial charge in [-0.1, -0.05) is 17.4 Å². The van der Waals surface area contributed by atoms with Crippen molar-refractivity contribution < 1.29 is 22.7 Å². The number of aromatic nitrogens is 2. The lowest BCUT2D eigenvalue weighted by molar-refractivity contribution is -0.120. The Morgan fingerprint density at radius 2 is 1.97 bits per heavy atom. The van der Waals surface area contributed by atoms with Crippen LogP contribution in [0.4, 0.5) is 5.13 Å². The highest BCUT2D eigenvalue weighted by molar-refractivity contribution is 7.89. The van der Waals surface area contributed by atoms with Gasteiger partial charge in [-0.05, 0) is 58.2 Å². The predicted molar refractivity (Wildman–Crippen MR) is 135 cm³/mol. The SMILES string of the molecule is CCOC(=O)c1c(S(=O)(=O)N2CCC[C@H](C(=O)Nc3nc4ccc(C)cc4s3)C2)c(C)n(C)c1C. The lowest BCUT2D eigenvalue weighted by Gasteiger charge is -2.31. The van der Waals surface area contributed by atoms with Crippen molar-refractivity contribution in [3.8, 4) is 0 Å². The van der Waals surface area contributed by atoms with Gasteiger partial charge in [0, 0.05) is 31.5 Å². The molecule has 1 saturated heterocycles. The zero-order valence-electron chi connectivity index (χ0n) is 20.5. The summed E-state index contributed by atoms with van der Waals surface area (Å²) >= 11 is 1.39. The van der Waals surface area contributed by atoms with E-state index in [9.17, 15) is 18.0 Å². The molecule has 1 aliphatic heterocycles. The fraction of sp³-hybridized carbons (Fsp3) is 0.458. The Morgan fingerprint density at radius 3 is 2.69 bits per heavy atom. The Morgan fingerprint density at radius 1 is 1.23 bits per heavy atom. The zero-order chi connectivity index (χ0) is 25.5. The second-order valence-electron chi connectivity index (χ2n) is 8.84. The molecule has 1 amide bonds. The fourth-order valence-corrected chi connectivity index (χ4v) is 7.44. The van der Waals surface area contributed by atoms with Crippen LogP contribution in [0, 0.1) is 26.7 Å². The molecule has 35 heavy (non-hydrogen) atoms. The van der Waals surface area contributed by atoms with Gasteiger partial charge in [-0.25, -0.2) is 18.2 Å². The number of hydrogen-bond donors (Lipinski definition) is 1. The number of hydrogen-bond acceptors (Lipinski definition) is 7. The first kappa shape index (κ1) is 25.3. The number of ether oxygens (including phenoxy) is 1. The third-order valence-electron chi connectivity index (χ3n) is 6.53. The molecule has 4 rings (SSSR count). The molecule has 188 valence electrons. The van der Waals surface area contributed by atoms with E-state index in [1.165, 1.54) is 15.6 Å². The van der Waals surface area contributed by atoms with Gasteiger partial charge >= 0.3 is 5.97 Å². The van der Waals surface area contributed by atoms with Crippen LogP contribution in [-0.4, -0.2) is 53.8 Å². The Kier molecular flexibility index (Phi) is 7.03. The van der Waals surface area contributed by atoms with E-state index in [4.69, 9.17) is 4.74 Å². The van der Waals surface area contributed by atoms with Crippen LogP contribution in [0.5, 0.6) is 0 Å². The molecule has 1 aromatic carbocycles. The number of aryl methyl sites for hydroxylation is 1. The molecule has 2 aromatic heterocycles. The first-order valence-electron chi connectivity index (χ1n) is 11.6. The Bertz CT molecular complexity index is 1410. The molecule has 0 unspecified atom stereocenters. The van der Waals surface area contributed by atoms with Crippen LogP contribution in [0.1, 0.15) is 47.1 Å². The lowest BCUT2D eigenvalue weighted by atomic mass is 9.99. The number of anilines is 1. The van der Waals surface area contributed by atoms with Gasteiger partial charge in [0.2, 0.25) is 15.9 Å². The smallest absolute Gasteiger partial charge is 0.341 e. The first-order valence-corrected chi connectivity index (χ1v) is 13.8. The number of sulfonamides is 1. The largest absolute Gasteiger partial charge is 0.462 e. The van der Waals surface area contributed by atoms with E-state index in [0.717, 1.165) is 15.8 Å². The van der Waals surface area contributed by atoms with E-state index in [1.54, 1.807) is 32.4 Å². The molecule has 0 bridgehead atoms. The second-order valence-corrected chi connectivity index (χ2v) is 11.7. The van der Waals surface area contributed by atoms with Gasteiger partial charge in [-0.15, -0.1) is 0 Å². The van der Waals surface area contributed by atoms with Crippen LogP contribution in [0.15, 0.2) is 23.1 Å². The van der Waals surface area contributed by atoms with Gasteiger partial charge in [0.1, 0.15) is 10.5 Å². The molecule has 0 saturated carbocycles. The number of esters is 1. The van der Waals surface area contributed by atoms with Gasteiger partial charge in [-0.2, -0.15) is 4.31 Å². The zero-order valence-corrected chi connectivity index (χ0v) is 22.2. The number of nitrogens with zero attached hydrogens (tertiary/aromatic N) is 3. The van der Waals surface area contributed by atoms with Crippen molar-refractivity contribution in [3.05, 3.63) is 40.7 Å². The minimum atomic E-state index is -4.03. The van der Waals surface area contributed by atoms with Crippen molar-refractivity contribution in [2.45, 2.75) is 45.4 Å². The first-order chi connectivity index (χ1) is 16.5. The second kappa shape index (κ2) is 9.71. The van der Waals surface area contributed by atoms with E-state index in [2.05, 4.69) is 10.3 Å². The third-order valence-corrected chi connectivity index (χ3v) is 9.49. The summed E-state index contributed by atoms with van der Waals surface area (Å²) in [4.78, 5) is 30.2. The highest BCUT2D eigenvalue weighted by Gasteiger charge is 2.39. The average Bonchev–Trinajstić information content (AvgIpc) is 3.32. The van der Waals surface area contributed by atoms with Crippen molar-refractivity contribution >= 4 is 48.6 Å². The van der Waals surface area contributed by atoms with Gasteiger partial charge in [0.15, 0.2) is 5.13 Å². The van der Waals surface area contributed by atoms with Crippen LogP contribution in [0.3, 0.4) is 0 Å². The van der Waals surface area contributed by atoms with E-state index in [-0.39, 0.29) is 36.1 Å². The maximum absolute atomic E-state index is 13.7. The molecule has 1 N–H and O–H groups in total. The van der Waals surface area contributed by atoms with Crippen LogP contribution >= 0.6 is 11.3 Å². The molecule has 0 aliphatic carbocycles. The van der Waals surface area contributed by atoms with Crippen molar-refractivity contribution in [3.63, 3.8) is 0 Å². The molecule has 3 heterocycles. The summed E-state index contributed by atoms with van der Waals surface area (Å²) in [6.07, 6.45) is 1.11. The number of piperidine rings is 1. The summed E-state index contributed by atoms with van der Waals surface area (Å²) in [6.45, 7) is 7.50. The monoisotopic (exact) mass is 518 g/mol. The number of carbonyl (C=O) groups excluding carboxylic acids is 2. The van der Waals surface area contributed by atoms with E-state index in [0.29, 0.717) is 29.4 Å². The lowest BCUT2D eigenvalue weighted by Crippen LogP contribution is -2.44. The van der Waals surface area contributed by atoms with Crippen molar-refractivity contribution in [2.75, 3.05) is 25.0 Å². The molecule has 1 aliphatic rings. The maximum Gasteiger partial charge on any atom is 0.341 e. The van der Waals surface area contributed by atoms with E-state index < -0.39 is 21.9 Å². The van der Waals surface area contributed by atoms with Gasteiger partial charge in [0.05, 0.1) is 22.7 Å². The Balaban J connectivity index is 1.58. The number of fused-ring (bicyclic) bond motifs is 1. The number of nitrogens with one attached hydrogen (secondary N) is 1. The highest BCUT2D eigenvalue weighted by Crippen LogP contribution is 2.33. The fourth-order valence-electron chi connectivity index (χ4n) is 4.47. The van der Waals surface area contributed by atoms with Crippen LogP contribution in [-0.2, 0) is 26.6 Å². The predicted octanol–water partition coefficient (Wildman–Crippen LogP) is 3.78. The van der Waals surface area contributed by atoms with Gasteiger partial charge in [-0.3, -0.25) is 4.79 Å². The average molecular weight is 519 g/mol. The molecule has 0 spiro atoms. The molecule has 11 heteroatoms. The van der Waals surface area contributed by atoms with Crippen molar-refractivity contribution in [1.29, 1.82) is 0 Å². The summed E-state index contributed by atoms with van der Waals surface area (Å²) < 4.78 is 36.6. The van der Waals surface area contributed by atoms with E-state index in [1.807, 2.05) is 25.1 Å². The van der Waals surface area contributed by atoms with Crippen molar-refractivity contribution in [2.24, 2.45) is 13.0 Å². The molecular formula is C24H30N4O5S2. The molecule has 1 atom stereocenters. The van der Waals surface area contributed by atoms with Gasteiger partial charge < -0.3 is 14.6 Å². The number of amides is 1. The summed E-state index contributed by atoms with van der Waals surface area (Å²) in [5.74, 6) is -1.44. The topological polar surface area (TPSA) is 111 Å². The minimum absolute atomic E-state index is 0.0355. The van der Waals surface area contributed by atoms with Crippen LogP contribution < -0.4 is 5.32 Å². The number of thiazole rings is 1. The summed E-state index contributed by atoms with van der Waals surface area (Å²) in [7, 11) is -2.31. The normalized spacial score (nSPS) is 17.0. The number of rotatable bonds is 6. The van der Waals surface area contributed by atoms with Crippen molar-refractivity contribution in [1.82, 2.24) is 13.9 Å². The third kappa shape index (κ3) is 4.72. The van der Waals surface area contributed by atoms with Gasteiger partial charge in [0.25, 0.3) is 0 Å². The number of carbonyl (C=O) groups is 2. The maximum atomic E-state index is 13.7. The summed E-state index contributed by atoms with van der Waals surface area (Å²) in [6, 6.07) is 5.90. The Labute approximate surface area is 209 Å². The minimum Gasteiger partial charge on any atom is -0.462 e.